The van der Waals surface area contributed by atoms with E-state index in [0.29, 0.717) is 17.8 Å². The SMILES string of the molecule is CN1[C@@H]2CCC[C@]3(C2)c2cccc(O)c2OC[C@@H]13. The fourth-order valence-corrected chi connectivity index (χ4v) is 4.50. The van der Waals surface area contributed by atoms with E-state index in [1.165, 1.54) is 31.2 Å². The topological polar surface area (TPSA) is 32.7 Å². The van der Waals surface area contributed by atoms with Crippen LogP contribution in [0.4, 0.5) is 0 Å². The van der Waals surface area contributed by atoms with Crippen molar-refractivity contribution in [3.63, 3.8) is 0 Å². The van der Waals surface area contributed by atoms with Crippen molar-refractivity contribution in [1.82, 2.24) is 4.90 Å². The van der Waals surface area contributed by atoms with Gasteiger partial charge in [-0.25, -0.2) is 0 Å². The monoisotopic (exact) mass is 245 g/mol. The highest BCUT2D eigenvalue weighted by atomic mass is 16.5. The van der Waals surface area contributed by atoms with Crippen LogP contribution in [0.5, 0.6) is 11.5 Å². The van der Waals surface area contributed by atoms with Gasteiger partial charge in [0.25, 0.3) is 0 Å². The van der Waals surface area contributed by atoms with Crippen LogP contribution in [0.25, 0.3) is 0 Å². The zero-order chi connectivity index (χ0) is 12.3. The van der Waals surface area contributed by atoms with Gasteiger partial charge in [-0.1, -0.05) is 18.6 Å². The van der Waals surface area contributed by atoms with Crippen molar-refractivity contribution in [2.24, 2.45) is 0 Å². The van der Waals surface area contributed by atoms with Gasteiger partial charge in [-0.3, -0.25) is 4.90 Å². The summed E-state index contributed by atoms with van der Waals surface area (Å²) in [6, 6.07) is 7.02. The normalized spacial score (nSPS) is 37.8. The van der Waals surface area contributed by atoms with Gasteiger partial charge in [-0.05, 0) is 32.4 Å². The lowest BCUT2D eigenvalue weighted by atomic mass is 9.66. The smallest absolute Gasteiger partial charge is 0.164 e. The van der Waals surface area contributed by atoms with Gasteiger partial charge in [0, 0.05) is 17.0 Å². The van der Waals surface area contributed by atoms with E-state index in [4.69, 9.17) is 4.74 Å². The maximum absolute atomic E-state index is 10.00. The Balaban J connectivity index is 1.91. The molecule has 1 aromatic rings. The standard InChI is InChI=1S/C15H19NO2/c1-16-10-4-3-7-15(8-10)11-5-2-6-12(17)14(11)18-9-13(15)16/h2,5-6,10,13,17H,3-4,7-9H2,1H3/t10-,13-,15+/m1/s1. The van der Waals surface area contributed by atoms with Crippen LogP contribution in [-0.2, 0) is 5.41 Å². The quantitative estimate of drug-likeness (QED) is 0.761. The van der Waals surface area contributed by atoms with Gasteiger partial charge in [0.05, 0.1) is 6.04 Å². The van der Waals surface area contributed by atoms with Crippen LogP contribution in [0, 0.1) is 0 Å². The van der Waals surface area contributed by atoms with Crippen LogP contribution in [0.3, 0.4) is 0 Å². The van der Waals surface area contributed by atoms with E-state index in [0.717, 1.165) is 12.4 Å². The number of rotatable bonds is 0. The molecule has 2 bridgehead atoms. The van der Waals surface area contributed by atoms with E-state index in [2.05, 4.69) is 18.0 Å². The number of fused-ring (bicyclic) bond motifs is 2. The third-order valence-corrected chi connectivity index (χ3v) is 5.38. The number of hydrogen-bond donors (Lipinski definition) is 1. The Hall–Kier alpha value is -1.22. The number of hydrogen-bond acceptors (Lipinski definition) is 3. The van der Waals surface area contributed by atoms with E-state index in [-0.39, 0.29) is 5.41 Å². The lowest BCUT2D eigenvalue weighted by Crippen LogP contribution is -2.47. The number of aromatic hydroxyl groups is 1. The first-order valence-electron chi connectivity index (χ1n) is 6.89. The second-order valence-electron chi connectivity index (χ2n) is 6.05. The van der Waals surface area contributed by atoms with Crippen molar-refractivity contribution in [2.75, 3.05) is 13.7 Å². The molecule has 18 heavy (non-hydrogen) atoms. The number of phenolic OH excluding ortho intramolecular Hbond substituents is 1. The molecule has 1 aromatic carbocycles. The molecule has 3 heteroatoms. The number of likely N-dealkylation sites (tertiary alicyclic amines) is 1. The molecule has 4 rings (SSSR count). The predicted molar refractivity (Wildman–Crippen MR) is 69.1 cm³/mol. The van der Waals surface area contributed by atoms with E-state index in [1.54, 1.807) is 6.07 Å². The summed E-state index contributed by atoms with van der Waals surface area (Å²) in [7, 11) is 2.24. The summed E-state index contributed by atoms with van der Waals surface area (Å²) in [6.07, 6.45) is 5.07. The zero-order valence-corrected chi connectivity index (χ0v) is 10.7. The number of likely N-dealkylation sites (N-methyl/N-ethyl adjacent to an activating group) is 1. The molecule has 2 fully saturated rings. The summed E-state index contributed by atoms with van der Waals surface area (Å²) in [5.74, 6) is 1.04. The molecule has 1 saturated carbocycles. The minimum absolute atomic E-state index is 0.226. The van der Waals surface area contributed by atoms with Gasteiger partial charge in [0.1, 0.15) is 6.61 Å². The molecular weight excluding hydrogens is 226 g/mol. The van der Waals surface area contributed by atoms with Gasteiger partial charge < -0.3 is 9.84 Å². The summed E-state index contributed by atoms with van der Waals surface area (Å²) in [5, 5.41) is 10.00. The molecule has 96 valence electrons. The van der Waals surface area contributed by atoms with E-state index in [9.17, 15) is 5.11 Å². The van der Waals surface area contributed by atoms with E-state index >= 15 is 0 Å². The number of ether oxygens (including phenoxy) is 1. The molecular formula is C15H19NO2. The second kappa shape index (κ2) is 3.41. The number of para-hydroxylation sites is 1. The fraction of sp³-hybridized carbons (Fsp3) is 0.600. The van der Waals surface area contributed by atoms with Crippen molar-refractivity contribution in [3.8, 4) is 11.5 Å². The molecule has 0 radical (unpaired) electrons. The van der Waals surface area contributed by atoms with Crippen molar-refractivity contribution in [3.05, 3.63) is 23.8 Å². The van der Waals surface area contributed by atoms with Crippen molar-refractivity contribution >= 4 is 0 Å². The van der Waals surface area contributed by atoms with Gasteiger partial charge in [-0.2, -0.15) is 0 Å². The Kier molecular flexibility index (Phi) is 2.03. The molecule has 2 aliphatic heterocycles. The van der Waals surface area contributed by atoms with Crippen LogP contribution in [0.1, 0.15) is 31.2 Å². The van der Waals surface area contributed by atoms with Crippen molar-refractivity contribution in [2.45, 2.75) is 43.2 Å². The Bertz CT molecular complexity index is 501. The summed E-state index contributed by atoms with van der Waals surface area (Å²) in [4.78, 5) is 2.51. The molecule has 2 heterocycles. The largest absolute Gasteiger partial charge is 0.504 e. The average molecular weight is 245 g/mol. The predicted octanol–water partition coefficient (Wildman–Crippen LogP) is 2.28. The first-order valence-corrected chi connectivity index (χ1v) is 6.89. The Morgan fingerprint density at radius 2 is 2.33 bits per heavy atom. The summed E-state index contributed by atoms with van der Waals surface area (Å²) in [5.41, 5.74) is 1.47. The minimum Gasteiger partial charge on any atom is -0.504 e. The first kappa shape index (κ1) is 10.7. The molecule has 3 atom stereocenters. The molecule has 1 N–H and O–H groups in total. The molecule has 3 nitrogen and oxygen atoms in total. The van der Waals surface area contributed by atoms with Crippen LogP contribution < -0.4 is 4.74 Å². The molecule has 0 unspecified atom stereocenters. The fourth-order valence-electron chi connectivity index (χ4n) is 4.50. The lowest BCUT2D eigenvalue weighted by molar-refractivity contribution is 0.118. The van der Waals surface area contributed by atoms with Gasteiger partial charge >= 0.3 is 0 Å². The van der Waals surface area contributed by atoms with Crippen LogP contribution in [-0.4, -0.2) is 35.7 Å². The highest BCUT2D eigenvalue weighted by molar-refractivity contribution is 5.52. The minimum atomic E-state index is 0.226. The van der Waals surface area contributed by atoms with Gasteiger partial charge in [-0.15, -0.1) is 0 Å². The van der Waals surface area contributed by atoms with Crippen molar-refractivity contribution < 1.29 is 9.84 Å². The highest BCUT2D eigenvalue weighted by Crippen LogP contribution is 2.56. The van der Waals surface area contributed by atoms with Crippen LogP contribution in [0.15, 0.2) is 18.2 Å². The number of phenols is 1. The molecule has 1 spiro atoms. The van der Waals surface area contributed by atoms with Crippen molar-refractivity contribution in [1.29, 1.82) is 0 Å². The molecule has 1 aliphatic carbocycles. The third kappa shape index (κ3) is 1.13. The van der Waals surface area contributed by atoms with Crippen LogP contribution >= 0.6 is 0 Å². The Labute approximate surface area is 107 Å². The van der Waals surface area contributed by atoms with E-state index < -0.39 is 0 Å². The third-order valence-electron chi connectivity index (χ3n) is 5.38. The molecule has 0 aromatic heterocycles. The summed E-state index contributed by atoms with van der Waals surface area (Å²) < 4.78 is 5.85. The number of benzene rings is 1. The lowest BCUT2D eigenvalue weighted by Gasteiger charge is -2.42. The maximum atomic E-state index is 10.00. The molecule has 3 aliphatic rings. The van der Waals surface area contributed by atoms with Gasteiger partial charge in [0.15, 0.2) is 11.5 Å². The molecule has 1 saturated heterocycles. The summed E-state index contributed by atoms with van der Waals surface area (Å²) in [6.45, 7) is 0.720. The first-order chi connectivity index (χ1) is 8.72. The Morgan fingerprint density at radius 3 is 3.22 bits per heavy atom. The van der Waals surface area contributed by atoms with Crippen LogP contribution in [0.2, 0.25) is 0 Å². The number of nitrogens with zero attached hydrogens (tertiary/aromatic N) is 1. The molecule has 0 amide bonds. The second-order valence-corrected chi connectivity index (χ2v) is 6.05. The maximum Gasteiger partial charge on any atom is 0.164 e. The average Bonchev–Trinajstić information content (AvgIpc) is 2.58. The highest BCUT2D eigenvalue weighted by Gasteiger charge is 2.56. The van der Waals surface area contributed by atoms with Gasteiger partial charge in [0.2, 0.25) is 0 Å². The van der Waals surface area contributed by atoms with E-state index in [1.807, 2.05) is 6.07 Å². The zero-order valence-electron chi connectivity index (χ0n) is 10.7. The summed E-state index contributed by atoms with van der Waals surface area (Å²) >= 11 is 0. The Morgan fingerprint density at radius 1 is 1.44 bits per heavy atom.